The summed E-state index contributed by atoms with van der Waals surface area (Å²) in [6.45, 7) is 2.06. The molecule has 2 N–H and O–H groups in total. The first kappa shape index (κ1) is 23.6. The predicted octanol–water partition coefficient (Wildman–Crippen LogP) is 1.25. The summed E-state index contributed by atoms with van der Waals surface area (Å²) in [7, 11) is -2.46. The van der Waals surface area contributed by atoms with Crippen LogP contribution in [0.4, 0.5) is 0 Å². The molecule has 0 spiro atoms. The van der Waals surface area contributed by atoms with Crippen LogP contribution >= 0.6 is 0 Å². The van der Waals surface area contributed by atoms with Crippen molar-refractivity contribution in [2.45, 2.75) is 37.1 Å². The molecule has 11 heteroatoms. The van der Waals surface area contributed by atoms with Crippen molar-refractivity contribution < 1.29 is 18.0 Å². The number of amides is 2. The number of hydrogen-bond donors (Lipinski definition) is 2. The minimum Gasteiger partial charge on any atom is -0.271 e. The summed E-state index contributed by atoms with van der Waals surface area (Å²) >= 11 is 0. The average Bonchev–Trinajstić information content (AvgIpc) is 2.85. The van der Waals surface area contributed by atoms with E-state index in [1.165, 1.54) is 23.5 Å². The first-order valence-electron chi connectivity index (χ1n) is 10.8. The van der Waals surface area contributed by atoms with E-state index in [0.717, 1.165) is 10.2 Å². The molecule has 2 aromatic carbocycles. The Morgan fingerprint density at radius 2 is 1.68 bits per heavy atom. The van der Waals surface area contributed by atoms with Crippen LogP contribution in [0.5, 0.6) is 0 Å². The predicted molar refractivity (Wildman–Crippen MR) is 125 cm³/mol. The van der Waals surface area contributed by atoms with Crippen molar-refractivity contribution in [3.63, 3.8) is 0 Å². The van der Waals surface area contributed by atoms with E-state index in [0.29, 0.717) is 30.0 Å². The van der Waals surface area contributed by atoms with Crippen LogP contribution in [0.1, 0.15) is 35.3 Å². The number of carbonyl (C=O) groups is 2. The van der Waals surface area contributed by atoms with Gasteiger partial charge in [0.1, 0.15) is 6.04 Å². The van der Waals surface area contributed by atoms with E-state index < -0.39 is 27.9 Å². The van der Waals surface area contributed by atoms with Crippen molar-refractivity contribution in [2.75, 3.05) is 6.54 Å². The maximum Gasteiger partial charge on any atom is 0.290 e. The molecule has 10 nitrogen and oxygen atoms in total. The summed E-state index contributed by atoms with van der Waals surface area (Å²) in [6.07, 6.45) is 1.64. The third-order valence-corrected chi connectivity index (χ3v) is 7.78. The number of hydrazine groups is 1. The van der Waals surface area contributed by atoms with Gasteiger partial charge in [0.15, 0.2) is 5.69 Å². The van der Waals surface area contributed by atoms with Crippen LogP contribution in [-0.4, -0.2) is 46.9 Å². The zero-order valence-electron chi connectivity index (χ0n) is 18.8. The van der Waals surface area contributed by atoms with Crippen LogP contribution in [0, 0.1) is 6.92 Å². The van der Waals surface area contributed by atoms with Crippen molar-refractivity contribution in [2.24, 2.45) is 7.05 Å². The smallest absolute Gasteiger partial charge is 0.271 e. The van der Waals surface area contributed by atoms with Gasteiger partial charge >= 0.3 is 0 Å². The minimum absolute atomic E-state index is 0.0363. The normalized spacial score (nSPS) is 16.8. The van der Waals surface area contributed by atoms with E-state index in [9.17, 15) is 22.8 Å². The molecule has 4 rings (SSSR count). The van der Waals surface area contributed by atoms with Crippen LogP contribution in [0.3, 0.4) is 0 Å². The van der Waals surface area contributed by atoms with E-state index in [4.69, 9.17) is 0 Å². The number of aryl methyl sites for hydroxylation is 2. The van der Waals surface area contributed by atoms with Gasteiger partial charge in [0, 0.05) is 19.0 Å². The van der Waals surface area contributed by atoms with Crippen molar-refractivity contribution >= 4 is 32.6 Å². The van der Waals surface area contributed by atoms with Gasteiger partial charge in [-0.2, -0.15) is 9.40 Å². The number of aromatic nitrogens is 2. The van der Waals surface area contributed by atoms with Gasteiger partial charge in [0.2, 0.25) is 10.0 Å². The summed E-state index contributed by atoms with van der Waals surface area (Å²) in [4.78, 5) is 38.2. The van der Waals surface area contributed by atoms with Crippen molar-refractivity contribution in [3.8, 4) is 0 Å². The lowest BCUT2D eigenvalue weighted by atomic mass is 10.0. The van der Waals surface area contributed by atoms with Gasteiger partial charge in [-0.15, -0.1) is 0 Å². The lowest BCUT2D eigenvalue weighted by Crippen LogP contribution is -2.55. The lowest BCUT2D eigenvalue weighted by Gasteiger charge is -2.33. The number of nitrogens with one attached hydrogen (secondary N) is 2. The Bertz CT molecular complexity index is 1420. The van der Waals surface area contributed by atoms with Gasteiger partial charge in [0.05, 0.1) is 10.3 Å². The van der Waals surface area contributed by atoms with Gasteiger partial charge in [-0.25, -0.2) is 13.1 Å². The monoisotopic (exact) mass is 483 g/mol. The Balaban J connectivity index is 1.54. The Morgan fingerprint density at radius 1 is 1.00 bits per heavy atom. The van der Waals surface area contributed by atoms with Gasteiger partial charge < -0.3 is 0 Å². The molecule has 2 amide bonds. The Hall–Kier alpha value is -3.57. The highest BCUT2D eigenvalue weighted by molar-refractivity contribution is 7.89. The number of fused-ring (bicyclic) bond motifs is 1. The second-order valence-corrected chi connectivity index (χ2v) is 10.1. The molecular weight excluding hydrogens is 458 g/mol. The summed E-state index contributed by atoms with van der Waals surface area (Å²) in [5, 5.41) is 4.69. The van der Waals surface area contributed by atoms with Gasteiger partial charge in [-0.05, 0) is 38.0 Å². The van der Waals surface area contributed by atoms with E-state index in [-0.39, 0.29) is 22.7 Å². The molecule has 0 aliphatic carbocycles. The largest absolute Gasteiger partial charge is 0.290 e. The molecule has 1 aromatic heterocycles. The Kier molecular flexibility index (Phi) is 6.49. The number of hydrogen-bond acceptors (Lipinski definition) is 6. The zero-order valence-corrected chi connectivity index (χ0v) is 19.6. The third-order valence-electron chi connectivity index (χ3n) is 5.85. The third kappa shape index (κ3) is 4.44. The Morgan fingerprint density at radius 3 is 2.38 bits per heavy atom. The van der Waals surface area contributed by atoms with Crippen molar-refractivity contribution in [3.05, 3.63) is 70.1 Å². The van der Waals surface area contributed by atoms with E-state index in [1.54, 1.807) is 36.4 Å². The number of sulfonamides is 1. The summed E-state index contributed by atoms with van der Waals surface area (Å²) in [5.74, 6) is -1.36. The molecule has 1 aliphatic rings. The molecule has 1 fully saturated rings. The van der Waals surface area contributed by atoms with Gasteiger partial charge in [-0.1, -0.05) is 42.3 Å². The van der Waals surface area contributed by atoms with Crippen LogP contribution < -0.4 is 16.4 Å². The number of nitrogens with zero attached hydrogens (tertiary/aromatic N) is 3. The zero-order chi connectivity index (χ0) is 24.5. The maximum absolute atomic E-state index is 13.2. The molecular formula is C23H25N5O5S. The molecule has 3 aromatic rings. The molecule has 1 aliphatic heterocycles. The topological polar surface area (TPSA) is 130 Å². The first-order valence-corrected chi connectivity index (χ1v) is 12.3. The number of benzene rings is 2. The minimum atomic E-state index is -3.89. The van der Waals surface area contributed by atoms with Gasteiger partial charge in [-0.3, -0.25) is 25.2 Å². The highest BCUT2D eigenvalue weighted by Gasteiger charge is 2.37. The van der Waals surface area contributed by atoms with E-state index in [1.807, 2.05) is 6.92 Å². The molecule has 0 bridgehead atoms. The summed E-state index contributed by atoms with van der Waals surface area (Å²) in [6, 6.07) is 12.0. The molecule has 0 saturated carbocycles. The van der Waals surface area contributed by atoms with Crippen molar-refractivity contribution in [1.29, 1.82) is 0 Å². The maximum atomic E-state index is 13.2. The van der Waals surface area contributed by atoms with Crippen LogP contribution in [0.25, 0.3) is 10.8 Å². The highest BCUT2D eigenvalue weighted by Crippen LogP contribution is 2.25. The quantitative estimate of drug-likeness (QED) is 0.537. The number of carbonyl (C=O) groups excluding carboxylic acids is 2. The number of rotatable bonds is 4. The fraction of sp³-hybridized carbons (Fsp3) is 0.304. The van der Waals surface area contributed by atoms with Crippen LogP contribution in [0.2, 0.25) is 0 Å². The summed E-state index contributed by atoms with van der Waals surface area (Å²) in [5.41, 5.74) is 5.19. The average molecular weight is 484 g/mol. The molecule has 2 heterocycles. The molecule has 0 radical (unpaired) electrons. The summed E-state index contributed by atoms with van der Waals surface area (Å²) < 4.78 is 28.6. The van der Waals surface area contributed by atoms with Crippen LogP contribution in [0.15, 0.2) is 58.2 Å². The fourth-order valence-corrected chi connectivity index (χ4v) is 5.69. The van der Waals surface area contributed by atoms with Gasteiger partial charge in [0.25, 0.3) is 17.4 Å². The molecule has 1 atom stereocenters. The van der Waals surface area contributed by atoms with Crippen molar-refractivity contribution in [1.82, 2.24) is 24.9 Å². The van der Waals surface area contributed by atoms with E-state index >= 15 is 0 Å². The second-order valence-electron chi connectivity index (χ2n) is 8.21. The van der Waals surface area contributed by atoms with E-state index in [2.05, 4.69) is 16.0 Å². The molecule has 178 valence electrons. The SMILES string of the molecule is Cc1ccc(S(=O)(=O)N2CCCCC2C(=O)NNC(=O)c2nn(C)c(=O)c3ccccc23)cc1. The standard InChI is InChI=1S/C23H25N5O5S/c1-15-10-12-16(13-11-15)34(32,33)28-14-6-5-9-19(28)21(29)24-25-22(30)20-17-7-3-4-8-18(17)23(31)27(2)26-20/h3-4,7-8,10-13,19H,5-6,9,14H2,1-2H3,(H,24,29)(H,25,30). The molecule has 1 unspecified atom stereocenters. The number of piperidine rings is 1. The lowest BCUT2D eigenvalue weighted by molar-refractivity contribution is -0.126. The Labute approximate surface area is 196 Å². The van der Waals surface area contributed by atoms with Crippen LogP contribution in [-0.2, 0) is 21.9 Å². The fourth-order valence-electron chi connectivity index (χ4n) is 4.03. The molecule has 34 heavy (non-hydrogen) atoms. The first-order chi connectivity index (χ1) is 16.2. The molecule has 1 saturated heterocycles. The highest BCUT2D eigenvalue weighted by atomic mass is 32.2. The second kappa shape index (κ2) is 9.35.